The molecule has 1 aliphatic rings. The number of aliphatic hydroxyl groups is 1. The van der Waals surface area contributed by atoms with Crippen molar-refractivity contribution in [1.82, 2.24) is 4.90 Å². The first-order chi connectivity index (χ1) is 10.9. The summed E-state index contributed by atoms with van der Waals surface area (Å²) in [6.45, 7) is 1.71. The van der Waals surface area contributed by atoms with Gasteiger partial charge in [-0.25, -0.2) is 9.59 Å². The molecular formula is C15H16ClN3O4. The molecular weight excluding hydrogens is 322 g/mol. The summed E-state index contributed by atoms with van der Waals surface area (Å²) in [6, 6.07) is 3.66. The molecule has 0 saturated carbocycles. The summed E-state index contributed by atoms with van der Waals surface area (Å²) >= 11 is 6.06. The van der Waals surface area contributed by atoms with Crippen molar-refractivity contribution in [2.45, 2.75) is 25.5 Å². The molecule has 23 heavy (non-hydrogen) atoms. The predicted octanol–water partition coefficient (Wildman–Crippen LogP) is 1.66. The van der Waals surface area contributed by atoms with E-state index in [0.29, 0.717) is 16.8 Å². The first-order valence-corrected chi connectivity index (χ1v) is 7.29. The molecule has 1 unspecified atom stereocenters. The van der Waals surface area contributed by atoms with Gasteiger partial charge in [0, 0.05) is 18.7 Å². The molecule has 0 aromatic heterocycles. The number of anilines is 1. The zero-order chi connectivity index (χ0) is 17.1. The SMILES string of the molecule is COC(=O)C1C[C@@H](O)CN1C(=O)Nc1ccc(C#N)c(Cl)c1C. The number of amides is 2. The van der Waals surface area contributed by atoms with E-state index in [1.54, 1.807) is 13.0 Å². The van der Waals surface area contributed by atoms with Crippen molar-refractivity contribution in [2.75, 3.05) is 19.0 Å². The Morgan fingerprint density at radius 2 is 2.22 bits per heavy atom. The van der Waals surface area contributed by atoms with Crippen LogP contribution in [0.5, 0.6) is 0 Å². The van der Waals surface area contributed by atoms with Gasteiger partial charge in [-0.05, 0) is 24.6 Å². The van der Waals surface area contributed by atoms with E-state index >= 15 is 0 Å². The maximum absolute atomic E-state index is 12.4. The molecule has 1 heterocycles. The monoisotopic (exact) mass is 337 g/mol. The largest absolute Gasteiger partial charge is 0.467 e. The maximum atomic E-state index is 12.4. The molecule has 1 fully saturated rings. The van der Waals surface area contributed by atoms with Gasteiger partial charge in [0.2, 0.25) is 0 Å². The Morgan fingerprint density at radius 1 is 1.52 bits per heavy atom. The molecule has 2 N–H and O–H groups in total. The Morgan fingerprint density at radius 3 is 2.83 bits per heavy atom. The van der Waals surface area contributed by atoms with Crippen LogP contribution in [-0.4, -0.2) is 47.8 Å². The molecule has 8 heteroatoms. The molecule has 0 spiro atoms. The van der Waals surface area contributed by atoms with Crippen molar-refractivity contribution in [1.29, 1.82) is 5.26 Å². The molecule has 0 radical (unpaired) electrons. The Kier molecular flexibility index (Phi) is 5.08. The fraction of sp³-hybridized carbons (Fsp3) is 0.400. The highest BCUT2D eigenvalue weighted by Crippen LogP contribution is 2.28. The first-order valence-electron chi connectivity index (χ1n) is 6.91. The Bertz CT molecular complexity index is 686. The molecule has 1 aromatic carbocycles. The summed E-state index contributed by atoms with van der Waals surface area (Å²) in [5.41, 5.74) is 1.30. The molecule has 0 bridgehead atoms. The molecule has 0 aliphatic carbocycles. The number of aliphatic hydroxyl groups excluding tert-OH is 1. The van der Waals surface area contributed by atoms with E-state index in [-0.39, 0.29) is 18.0 Å². The molecule has 2 atom stereocenters. The van der Waals surface area contributed by atoms with Gasteiger partial charge in [0.05, 0.1) is 23.8 Å². The van der Waals surface area contributed by atoms with Gasteiger partial charge in [0.25, 0.3) is 0 Å². The van der Waals surface area contributed by atoms with Crippen molar-refractivity contribution in [3.8, 4) is 6.07 Å². The zero-order valence-corrected chi connectivity index (χ0v) is 13.4. The van der Waals surface area contributed by atoms with Crippen LogP contribution in [0.2, 0.25) is 5.02 Å². The summed E-state index contributed by atoms with van der Waals surface area (Å²) in [6.07, 6.45) is -0.650. The number of esters is 1. The third kappa shape index (κ3) is 3.38. The Balaban J connectivity index is 2.20. The van der Waals surface area contributed by atoms with Crippen LogP contribution in [0.4, 0.5) is 10.5 Å². The van der Waals surface area contributed by atoms with Gasteiger partial charge in [-0.1, -0.05) is 11.6 Å². The van der Waals surface area contributed by atoms with Crippen molar-refractivity contribution in [3.05, 3.63) is 28.3 Å². The van der Waals surface area contributed by atoms with E-state index in [4.69, 9.17) is 16.9 Å². The standard InChI is InChI=1S/C15H16ClN3O4/c1-8-11(4-3-9(6-17)13(8)16)18-15(22)19-7-10(20)5-12(19)14(21)23-2/h3-4,10,12,20H,5,7H2,1-2H3,(H,18,22)/t10-,12?/m1/s1. The topological polar surface area (TPSA) is 103 Å². The summed E-state index contributed by atoms with van der Waals surface area (Å²) in [7, 11) is 1.23. The molecule has 2 amide bonds. The van der Waals surface area contributed by atoms with Gasteiger partial charge in [-0.3, -0.25) is 0 Å². The number of benzene rings is 1. The summed E-state index contributed by atoms with van der Waals surface area (Å²) in [4.78, 5) is 25.3. The lowest BCUT2D eigenvalue weighted by atomic mass is 10.1. The second-order valence-corrected chi connectivity index (χ2v) is 5.60. The van der Waals surface area contributed by atoms with Gasteiger partial charge in [-0.2, -0.15) is 5.26 Å². The fourth-order valence-electron chi connectivity index (χ4n) is 2.49. The smallest absolute Gasteiger partial charge is 0.328 e. The van der Waals surface area contributed by atoms with Crippen LogP contribution >= 0.6 is 11.6 Å². The van der Waals surface area contributed by atoms with Gasteiger partial charge in [0.1, 0.15) is 12.1 Å². The lowest BCUT2D eigenvalue weighted by Gasteiger charge is -2.23. The van der Waals surface area contributed by atoms with Crippen molar-refractivity contribution in [2.24, 2.45) is 0 Å². The summed E-state index contributed by atoms with van der Waals surface area (Å²) in [5.74, 6) is -0.578. The number of rotatable bonds is 2. The number of β-amino-alcohol motifs (C(OH)–C–C–N with tert-alkyl or cyclic N) is 1. The number of nitriles is 1. The summed E-state index contributed by atoms with van der Waals surface area (Å²) in [5, 5.41) is 21.5. The van der Waals surface area contributed by atoms with Crippen LogP contribution < -0.4 is 5.32 Å². The van der Waals surface area contributed by atoms with E-state index in [1.165, 1.54) is 18.1 Å². The minimum absolute atomic E-state index is 0.0364. The van der Waals surface area contributed by atoms with Crippen LogP contribution in [0.15, 0.2) is 12.1 Å². The highest BCUT2D eigenvalue weighted by atomic mass is 35.5. The number of urea groups is 1. The number of carbonyl (C=O) groups is 2. The van der Waals surface area contributed by atoms with Gasteiger partial charge in [0.15, 0.2) is 0 Å². The lowest BCUT2D eigenvalue weighted by Crippen LogP contribution is -2.43. The lowest BCUT2D eigenvalue weighted by molar-refractivity contribution is -0.144. The third-order valence-corrected chi connectivity index (χ3v) is 4.25. The second-order valence-electron chi connectivity index (χ2n) is 5.22. The molecule has 1 saturated heterocycles. The average molecular weight is 338 g/mol. The number of halogens is 1. The number of hydrogen-bond acceptors (Lipinski definition) is 5. The van der Waals surface area contributed by atoms with Crippen LogP contribution in [0.3, 0.4) is 0 Å². The van der Waals surface area contributed by atoms with Crippen LogP contribution in [0.1, 0.15) is 17.5 Å². The van der Waals surface area contributed by atoms with Gasteiger partial charge < -0.3 is 20.1 Å². The minimum atomic E-state index is -0.829. The van der Waals surface area contributed by atoms with E-state index < -0.39 is 24.1 Å². The van der Waals surface area contributed by atoms with Crippen molar-refractivity contribution < 1.29 is 19.4 Å². The molecule has 7 nitrogen and oxygen atoms in total. The van der Waals surface area contributed by atoms with E-state index in [9.17, 15) is 14.7 Å². The molecule has 122 valence electrons. The first kappa shape index (κ1) is 17.1. The number of ether oxygens (including phenoxy) is 1. The number of hydrogen-bond donors (Lipinski definition) is 2. The third-order valence-electron chi connectivity index (χ3n) is 3.76. The van der Waals surface area contributed by atoms with E-state index in [0.717, 1.165) is 0 Å². The number of likely N-dealkylation sites (tertiary alicyclic amines) is 1. The summed E-state index contributed by atoms with van der Waals surface area (Å²) < 4.78 is 4.66. The average Bonchev–Trinajstić information content (AvgIpc) is 2.93. The quantitative estimate of drug-likeness (QED) is 0.799. The Hall–Kier alpha value is -2.30. The number of nitrogens with zero attached hydrogens (tertiary/aromatic N) is 2. The number of carbonyl (C=O) groups excluding carboxylic acids is 2. The molecule has 2 rings (SSSR count). The van der Waals surface area contributed by atoms with E-state index in [1.807, 2.05) is 6.07 Å². The van der Waals surface area contributed by atoms with Crippen LogP contribution in [0, 0.1) is 18.3 Å². The fourth-order valence-corrected chi connectivity index (χ4v) is 2.70. The van der Waals surface area contributed by atoms with Crippen molar-refractivity contribution >= 4 is 29.3 Å². The minimum Gasteiger partial charge on any atom is -0.467 e. The highest BCUT2D eigenvalue weighted by molar-refractivity contribution is 6.33. The highest BCUT2D eigenvalue weighted by Gasteiger charge is 2.39. The van der Waals surface area contributed by atoms with Gasteiger partial charge in [-0.15, -0.1) is 0 Å². The van der Waals surface area contributed by atoms with Gasteiger partial charge >= 0.3 is 12.0 Å². The van der Waals surface area contributed by atoms with Crippen LogP contribution in [0.25, 0.3) is 0 Å². The second kappa shape index (κ2) is 6.86. The number of methoxy groups -OCH3 is 1. The normalized spacial score (nSPS) is 20.0. The zero-order valence-electron chi connectivity index (χ0n) is 12.7. The number of nitrogens with one attached hydrogen (secondary N) is 1. The van der Waals surface area contributed by atoms with Crippen molar-refractivity contribution in [3.63, 3.8) is 0 Å². The predicted molar refractivity (Wildman–Crippen MR) is 83.1 cm³/mol. The maximum Gasteiger partial charge on any atom is 0.328 e. The van der Waals surface area contributed by atoms with Crippen LogP contribution in [-0.2, 0) is 9.53 Å². The molecule has 1 aromatic rings. The molecule has 1 aliphatic heterocycles. The Labute approximate surface area is 138 Å². The van der Waals surface area contributed by atoms with E-state index in [2.05, 4.69) is 10.1 Å².